The van der Waals surface area contributed by atoms with E-state index in [1.54, 1.807) is 19.8 Å². The monoisotopic (exact) mass is 436 g/mol. The van der Waals surface area contributed by atoms with Crippen molar-refractivity contribution in [3.05, 3.63) is 42.0 Å². The second kappa shape index (κ2) is 9.42. The van der Waals surface area contributed by atoms with Crippen LogP contribution < -0.4 is 9.64 Å². The molecular formula is C24H32N6O2. The predicted molar refractivity (Wildman–Crippen MR) is 124 cm³/mol. The van der Waals surface area contributed by atoms with Crippen molar-refractivity contribution in [3.8, 4) is 5.75 Å². The molecule has 6 rings (SSSR count). The van der Waals surface area contributed by atoms with Crippen molar-refractivity contribution in [1.29, 1.82) is 0 Å². The topological polar surface area (TPSA) is 90.4 Å². The fraction of sp³-hybridized carbons (Fsp3) is 0.542. The van der Waals surface area contributed by atoms with Crippen LogP contribution in [0.5, 0.6) is 5.75 Å². The number of benzene rings is 1. The highest BCUT2D eigenvalue weighted by Gasteiger charge is 2.30. The van der Waals surface area contributed by atoms with Gasteiger partial charge in [-0.15, -0.1) is 0 Å². The largest absolute Gasteiger partial charge is 0.496 e. The molecule has 2 fully saturated rings. The van der Waals surface area contributed by atoms with E-state index < -0.39 is 0 Å². The van der Waals surface area contributed by atoms with Gasteiger partial charge in [-0.3, -0.25) is 4.90 Å². The number of nitrogens with zero attached hydrogens (tertiary/aromatic N) is 5. The Balaban J connectivity index is 0.000000139. The zero-order valence-corrected chi connectivity index (χ0v) is 18.7. The lowest BCUT2D eigenvalue weighted by atomic mass is 9.87. The molecule has 2 saturated heterocycles. The summed E-state index contributed by atoms with van der Waals surface area (Å²) in [4.78, 5) is 20.3. The smallest absolute Gasteiger partial charge is 0.182 e. The quantitative estimate of drug-likeness (QED) is 0.652. The number of aliphatic hydroxyl groups excluding tert-OH is 1. The normalized spacial score (nSPS) is 23.1. The Labute approximate surface area is 188 Å². The number of anilines is 1. The summed E-state index contributed by atoms with van der Waals surface area (Å²) in [7, 11) is 1.75. The minimum absolute atomic E-state index is 0.121. The van der Waals surface area contributed by atoms with Crippen LogP contribution in [-0.2, 0) is 12.8 Å². The maximum Gasteiger partial charge on any atom is 0.182 e. The third kappa shape index (κ3) is 4.29. The molecule has 0 radical (unpaired) electrons. The van der Waals surface area contributed by atoms with Crippen LogP contribution in [0.1, 0.15) is 36.8 Å². The molecule has 170 valence electrons. The van der Waals surface area contributed by atoms with Gasteiger partial charge in [0.25, 0.3) is 0 Å². The number of aliphatic hydroxyl groups is 1. The second-order valence-electron chi connectivity index (χ2n) is 8.92. The molecule has 2 aliphatic heterocycles. The summed E-state index contributed by atoms with van der Waals surface area (Å²) in [6.45, 7) is 4.06. The number of H-pyrrole nitrogens is 1. The molecule has 8 heteroatoms. The summed E-state index contributed by atoms with van der Waals surface area (Å²) in [6, 6.07) is 6.93. The molecule has 0 spiro atoms. The van der Waals surface area contributed by atoms with Gasteiger partial charge < -0.3 is 19.7 Å². The van der Waals surface area contributed by atoms with Gasteiger partial charge in [0.2, 0.25) is 0 Å². The van der Waals surface area contributed by atoms with Crippen LogP contribution >= 0.6 is 0 Å². The van der Waals surface area contributed by atoms with E-state index >= 15 is 0 Å². The minimum Gasteiger partial charge on any atom is -0.496 e. The van der Waals surface area contributed by atoms with Gasteiger partial charge in [-0.2, -0.15) is 0 Å². The van der Waals surface area contributed by atoms with E-state index in [-0.39, 0.29) is 6.10 Å². The first-order valence-corrected chi connectivity index (χ1v) is 11.7. The number of aromatic amines is 1. The van der Waals surface area contributed by atoms with Crippen molar-refractivity contribution in [3.63, 3.8) is 0 Å². The predicted octanol–water partition coefficient (Wildman–Crippen LogP) is 2.57. The van der Waals surface area contributed by atoms with E-state index in [9.17, 15) is 5.11 Å². The molecule has 2 unspecified atom stereocenters. The number of likely N-dealkylation sites (tertiary alicyclic amines) is 1. The van der Waals surface area contributed by atoms with Gasteiger partial charge in [-0.25, -0.2) is 15.0 Å². The Bertz CT molecular complexity index is 1030. The SMILES string of the molecule is COc1cccc2c1CC(N1CCC(O)C1)CC2.c1nc(N2CCCC2)c2[nH]cnc2n1. The van der Waals surface area contributed by atoms with Gasteiger partial charge in [0.1, 0.15) is 17.6 Å². The third-order valence-electron chi connectivity index (χ3n) is 6.96. The lowest BCUT2D eigenvalue weighted by Crippen LogP contribution is -2.38. The average Bonchev–Trinajstić information content (AvgIpc) is 3.60. The summed E-state index contributed by atoms with van der Waals surface area (Å²) in [5.74, 6) is 2.02. The molecule has 1 aromatic carbocycles. The summed E-state index contributed by atoms with van der Waals surface area (Å²) in [6.07, 6.45) is 9.94. The highest BCUT2D eigenvalue weighted by molar-refractivity contribution is 5.82. The lowest BCUT2D eigenvalue weighted by Gasteiger charge is -2.32. The Morgan fingerprint density at radius 2 is 1.97 bits per heavy atom. The third-order valence-corrected chi connectivity index (χ3v) is 6.96. The van der Waals surface area contributed by atoms with E-state index in [4.69, 9.17) is 4.74 Å². The second-order valence-corrected chi connectivity index (χ2v) is 8.92. The van der Waals surface area contributed by atoms with Crippen molar-refractivity contribution in [2.45, 2.75) is 50.7 Å². The van der Waals surface area contributed by atoms with Gasteiger partial charge in [-0.05, 0) is 55.7 Å². The van der Waals surface area contributed by atoms with E-state index in [0.29, 0.717) is 6.04 Å². The van der Waals surface area contributed by atoms with Crippen LogP contribution in [0.4, 0.5) is 5.82 Å². The fourth-order valence-electron chi connectivity index (χ4n) is 5.26. The molecule has 0 amide bonds. The zero-order chi connectivity index (χ0) is 21.9. The molecule has 2 atom stereocenters. The molecule has 32 heavy (non-hydrogen) atoms. The van der Waals surface area contributed by atoms with Crippen LogP contribution in [0.2, 0.25) is 0 Å². The van der Waals surface area contributed by atoms with Crippen LogP contribution in [-0.4, -0.2) is 75.4 Å². The first-order chi connectivity index (χ1) is 15.7. The van der Waals surface area contributed by atoms with Crippen LogP contribution in [0.15, 0.2) is 30.9 Å². The standard InChI is InChI=1S/C15H21NO2.C9H11N5/c1-18-15-4-2-3-11-5-6-12(9-14(11)15)16-8-7-13(17)10-16;1-2-4-14(3-1)9-7-8(11-5-10-7)12-6-13-9/h2-4,12-13,17H,5-10H2,1H3;5-6H,1-4H2,(H,10,11,12,13). The molecule has 4 heterocycles. The highest BCUT2D eigenvalue weighted by atomic mass is 16.5. The van der Waals surface area contributed by atoms with Crippen molar-refractivity contribution in [2.75, 3.05) is 38.2 Å². The molecular weight excluding hydrogens is 404 g/mol. The summed E-state index contributed by atoms with van der Waals surface area (Å²) in [5.41, 5.74) is 4.51. The zero-order valence-electron chi connectivity index (χ0n) is 18.7. The van der Waals surface area contributed by atoms with Crippen molar-refractivity contribution < 1.29 is 9.84 Å². The summed E-state index contributed by atoms with van der Waals surface area (Å²) >= 11 is 0. The molecule has 0 saturated carbocycles. The minimum atomic E-state index is -0.121. The van der Waals surface area contributed by atoms with Gasteiger partial charge in [0.05, 0.1) is 19.5 Å². The van der Waals surface area contributed by atoms with E-state index in [0.717, 1.165) is 68.2 Å². The van der Waals surface area contributed by atoms with Crippen LogP contribution in [0.25, 0.3) is 11.2 Å². The molecule has 0 bridgehead atoms. The number of fused-ring (bicyclic) bond motifs is 2. The Morgan fingerprint density at radius 3 is 2.75 bits per heavy atom. The maximum atomic E-state index is 9.66. The number of ether oxygens (including phenoxy) is 1. The van der Waals surface area contributed by atoms with Gasteiger partial charge in [-0.1, -0.05) is 12.1 Å². The number of aromatic nitrogens is 4. The van der Waals surface area contributed by atoms with Crippen molar-refractivity contribution in [1.82, 2.24) is 24.8 Å². The highest BCUT2D eigenvalue weighted by Crippen LogP contribution is 2.32. The molecule has 2 N–H and O–H groups in total. The lowest BCUT2D eigenvalue weighted by molar-refractivity contribution is 0.152. The number of aryl methyl sites for hydroxylation is 1. The van der Waals surface area contributed by atoms with Gasteiger partial charge in [0.15, 0.2) is 11.5 Å². The maximum absolute atomic E-state index is 9.66. The number of rotatable bonds is 3. The molecule has 8 nitrogen and oxygen atoms in total. The molecule has 2 aromatic heterocycles. The number of imidazole rings is 1. The number of nitrogens with one attached hydrogen (secondary N) is 1. The number of hydrogen-bond donors (Lipinski definition) is 2. The number of hydrogen-bond acceptors (Lipinski definition) is 7. The van der Waals surface area contributed by atoms with Gasteiger partial charge >= 0.3 is 0 Å². The molecule has 3 aliphatic rings. The van der Waals surface area contributed by atoms with Crippen molar-refractivity contribution >= 4 is 17.0 Å². The van der Waals surface area contributed by atoms with E-state index in [2.05, 4.69) is 47.9 Å². The number of β-amino-alcohol motifs (C(OH)–C–C–N with tert-alkyl or cyclic N) is 1. The Morgan fingerprint density at radius 1 is 1.09 bits per heavy atom. The van der Waals surface area contributed by atoms with E-state index in [1.807, 2.05) is 0 Å². The Kier molecular flexibility index (Phi) is 6.23. The van der Waals surface area contributed by atoms with Gasteiger partial charge in [0, 0.05) is 32.2 Å². The van der Waals surface area contributed by atoms with Crippen molar-refractivity contribution in [2.24, 2.45) is 0 Å². The fourth-order valence-corrected chi connectivity index (χ4v) is 5.26. The van der Waals surface area contributed by atoms with E-state index in [1.165, 1.54) is 30.4 Å². The first-order valence-electron chi connectivity index (χ1n) is 11.7. The summed E-state index contributed by atoms with van der Waals surface area (Å²) in [5, 5.41) is 9.66. The molecule has 3 aromatic rings. The number of methoxy groups -OCH3 is 1. The van der Waals surface area contributed by atoms with Crippen LogP contribution in [0.3, 0.4) is 0 Å². The summed E-state index contributed by atoms with van der Waals surface area (Å²) < 4.78 is 5.48. The average molecular weight is 437 g/mol. The van der Waals surface area contributed by atoms with Crippen LogP contribution in [0, 0.1) is 0 Å². The molecule has 1 aliphatic carbocycles. The first kappa shape index (κ1) is 21.2. The Hall–Kier alpha value is -2.71.